The molecule has 0 saturated carbocycles. The van der Waals surface area contributed by atoms with E-state index in [1.807, 2.05) is 0 Å². The molecule has 1 atom stereocenters. The molecule has 3 heteroatoms. The van der Waals surface area contributed by atoms with Crippen molar-refractivity contribution in [3.8, 4) is 0 Å². The SMILES string of the molecule is CCc1ccc(C[C@H](C(=O)O)N2CCCCC2)cc1. The van der Waals surface area contributed by atoms with Crippen molar-refractivity contribution in [1.82, 2.24) is 4.90 Å². The molecule has 1 aliphatic heterocycles. The molecule has 3 nitrogen and oxygen atoms in total. The molecule has 0 radical (unpaired) electrons. The molecule has 1 saturated heterocycles. The summed E-state index contributed by atoms with van der Waals surface area (Å²) in [7, 11) is 0. The van der Waals surface area contributed by atoms with Crippen molar-refractivity contribution in [1.29, 1.82) is 0 Å². The molecule has 0 aliphatic carbocycles. The lowest BCUT2D eigenvalue weighted by molar-refractivity contribution is -0.143. The maximum absolute atomic E-state index is 11.5. The van der Waals surface area contributed by atoms with Gasteiger partial charge in [-0.25, -0.2) is 0 Å². The number of carbonyl (C=O) groups is 1. The Hall–Kier alpha value is -1.35. The molecule has 1 aromatic rings. The summed E-state index contributed by atoms with van der Waals surface area (Å²) in [5.74, 6) is -0.693. The van der Waals surface area contributed by atoms with E-state index in [1.165, 1.54) is 12.0 Å². The van der Waals surface area contributed by atoms with Crippen molar-refractivity contribution in [3.05, 3.63) is 35.4 Å². The van der Waals surface area contributed by atoms with Gasteiger partial charge >= 0.3 is 5.97 Å². The van der Waals surface area contributed by atoms with Gasteiger partial charge < -0.3 is 5.11 Å². The molecule has 1 N–H and O–H groups in total. The van der Waals surface area contributed by atoms with E-state index in [1.54, 1.807) is 0 Å². The summed E-state index contributed by atoms with van der Waals surface area (Å²) >= 11 is 0. The van der Waals surface area contributed by atoms with Gasteiger partial charge in [-0.1, -0.05) is 37.6 Å². The third-order valence-electron chi connectivity index (χ3n) is 3.98. The standard InChI is InChI=1S/C16H23NO2/c1-2-13-6-8-14(9-7-13)12-15(16(18)19)17-10-4-3-5-11-17/h6-9,15H,2-5,10-12H2,1H3,(H,18,19)/t15-/m1/s1. The van der Waals surface area contributed by atoms with Crippen molar-refractivity contribution >= 4 is 5.97 Å². The number of carboxylic acids is 1. The third-order valence-corrected chi connectivity index (χ3v) is 3.98. The number of likely N-dealkylation sites (tertiary alicyclic amines) is 1. The molecule has 0 aromatic heterocycles. The number of hydrogen-bond donors (Lipinski definition) is 1. The molecule has 1 heterocycles. The lowest BCUT2D eigenvalue weighted by Gasteiger charge is -2.32. The number of rotatable bonds is 5. The van der Waals surface area contributed by atoms with Crippen LogP contribution in [0.3, 0.4) is 0 Å². The Morgan fingerprint density at radius 3 is 2.26 bits per heavy atom. The summed E-state index contributed by atoms with van der Waals surface area (Å²) in [5.41, 5.74) is 2.42. The van der Waals surface area contributed by atoms with Gasteiger partial charge in [0.05, 0.1) is 0 Å². The zero-order chi connectivity index (χ0) is 13.7. The van der Waals surface area contributed by atoms with Gasteiger partial charge in [-0.2, -0.15) is 0 Å². The second kappa shape index (κ2) is 6.71. The molecule has 0 amide bonds. The fraction of sp³-hybridized carbons (Fsp3) is 0.562. The maximum Gasteiger partial charge on any atom is 0.321 e. The Kier molecular flexibility index (Phi) is 4.97. The number of hydrogen-bond acceptors (Lipinski definition) is 2. The molecule has 1 fully saturated rings. The monoisotopic (exact) mass is 261 g/mol. The minimum absolute atomic E-state index is 0.368. The van der Waals surface area contributed by atoms with Gasteiger partial charge in [-0.15, -0.1) is 0 Å². The summed E-state index contributed by atoms with van der Waals surface area (Å²) in [5, 5.41) is 9.45. The van der Waals surface area contributed by atoms with Crippen molar-refractivity contribution in [2.75, 3.05) is 13.1 Å². The molecule has 1 aromatic carbocycles. The lowest BCUT2D eigenvalue weighted by Crippen LogP contribution is -2.45. The first-order valence-electron chi connectivity index (χ1n) is 7.25. The van der Waals surface area contributed by atoms with E-state index in [9.17, 15) is 9.90 Å². The van der Waals surface area contributed by atoms with E-state index >= 15 is 0 Å². The van der Waals surface area contributed by atoms with E-state index < -0.39 is 5.97 Å². The van der Waals surface area contributed by atoms with Crippen LogP contribution in [0.25, 0.3) is 0 Å². The van der Waals surface area contributed by atoms with Crippen LogP contribution in [0.1, 0.15) is 37.3 Å². The normalized spacial score (nSPS) is 18.2. The molecular weight excluding hydrogens is 238 g/mol. The highest BCUT2D eigenvalue weighted by Gasteiger charge is 2.26. The summed E-state index contributed by atoms with van der Waals surface area (Å²) in [4.78, 5) is 13.6. The summed E-state index contributed by atoms with van der Waals surface area (Å²) in [6, 6.07) is 7.97. The van der Waals surface area contributed by atoms with Crippen LogP contribution in [-0.2, 0) is 17.6 Å². The zero-order valence-electron chi connectivity index (χ0n) is 11.6. The molecule has 1 aliphatic rings. The van der Waals surface area contributed by atoms with Crippen LogP contribution < -0.4 is 0 Å². The lowest BCUT2D eigenvalue weighted by atomic mass is 10.0. The zero-order valence-corrected chi connectivity index (χ0v) is 11.6. The van der Waals surface area contributed by atoms with Crippen LogP contribution in [0.2, 0.25) is 0 Å². The molecule has 0 spiro atoms. The topological polar surface area (TPSA) is 40.5 Å². The van der Waals surface area contributed by atoms with E-state index in [0.717, 1.165) is 37.9 Å². The number of aliphatic carboxylic acids is 1. The number of nitrogens with zero attached hydrogens (tertiary/aromatic N) is 1. The second-order valence-electron chi connectivity index (χ2n) is 5.32. The van der Waals surface area contributed by atoms with Crippen molar-refractivity contribution < 1.29 is 9.90 Å². The van der Waals surface area contributed by atoms with Gasteiger partial charge in [0.1, 0.15) is 6.04 Å². The highest BCUT2D eigenvalue weighted by Crippen LogP contribution is 2.16. The molecule has 19 heavy (non-hydrogen) atoms. The van der Waals surface area contributed by atoms with E-state index in [0.29, 0.717) is 6.42 Å². The Balaban J connectivity index is 2.04. The van der Waals surface area contributed by atoms with Crippen LogP contribution in [0.4, 0.5) is 0 Å². The predicted octanol–water partition coefficient (Wildman–Crippen LogP) is 2.73. The van der Waals surface area contributed by atoms with E-state index in [-0.39, 0.29) is 6.04 Å². The molecule has 104 valence electrons. The highest BCUT2D eigenvalue weighted by atomic mass is 16.4. The van der Waals surface area contributed by atoms with Crippen LogP contribution >= 0.6 is 0 Å². The molecular formula is C16H23NO2. The fourth-order valence-corrected chi connectivity index (χ4v) is 2.74. The van der Waals surface area contributed by atoms with Crippen molar-refractivity contribution in [2.45, 2.75) is 45.1 Å². The minimum atomic E-state index is -0.693. The Bertz CT molecular complexity index is 407. The van der Waals surface area contributed by atoms with E-state index in [4.69, 9.17) is 0 Å². The first kappa shape index (κ1) is 14.1. The quantitative estimate of drug-likeness (QED) is 0.886. The Morgan fingerprint density at radius 1 is 1.16 bits per heavy atom. The minimum Gasteiger partial charge on any atom is -0.480 e. The smallest absolute Gasteiger partial charge is 0.321 e. The van der Waals surface area contributed by atoms with Crippen LogP contribution in [-0.4, -0.2) is 35.1 Å². The van der Waals surface area contributed by atoms with Crippen molar-refractivity contribution in [3.63, 3.8) is 0 Å². The average molecular weight is 261 g/mol. The van der Waals surface area contributed by atoms with Gasteiger partial charge in [0, 0.05) is 0 Å². The van der Waals surface area contributed by atoms with Crippen LogP contribution in [0, 0.1) is 0 Å². The van der Waals surface area contributed by atoms with Gasteiger partial charge in [-0.3, -0.25) is 9.69 Å². The Morgan fingerprint density at radius 2 is 1.74 bits per heavy atom. The largest absolute Gasteiger partial charge is 0.480 e. The van der Waals surface area contributed by atoms with Crippen LogP contribution in [0.5, 0.6) is 0 Å². The average Bonchev–Trinajstić information content (AvgIpc) is 2.46. The summed E-state index contributed by atoms with van der Waals surface area (Å²) in [6.07, 6.45) is 5.11. The first-order valence-corrected chi connectivity index (χ1v) is 7.25. The highest BCUT2D eigenvalue weighted by molar-refractivity contribution is 5.74. The number of piperidine rings is 1. The molecule has 2 rings (SSSR count). The van der Waals surface area contributed by atoms with E-state index in [2.05, 4.69) is 36.1 Å². The molecule has 0 bridgehead atoms. The number of aryl methyl sites for hydroxylation is 1. The number of benzene rings is 1. The molecule has 0 unspecified atom stereocenters. The fourth-order valence-electron chi connectivity index (χ4n) is 2.74. The van der Waals surface area contributed by atoms with Crippen LogP contribution in [0.15, 0.2) is 24.3 Å². The summed E-state index contributed by atoms with van der Waals surface area (Å²) in [6.45, 7) is 3.97. The van der Waals surface area contributed by atoms with Crippen molar-refractivity contribution in [2.24, 2.45) is 0 Å². The van der Waals surface area contributed by atoms with Gasteiger partial charge in [0.15, 0.2) is 0 Å². The van der Waals surface area contributed by atoms with Gasteiger partial charge in [0.25, 0.3) is 0 Å². The maximum atomic E-state index is 11.5. The predicted molar refractivity (Wildman–Crippen MR) is 76.4 cm³/mol. The third kappa shape index (κ3) is 3.80. The van der Waals surface area contributed by atoms with Gasteiger partial charge in [-0.05, 0) is 49.9 Å². The summed E-state index contributed by atoms with van der Waals surface area (Å²) < 4.78 is 0. The second-order valence-corrected chi connectivity index (χ2v) is 5.32. The van der Waals surface area contributed by atoms with Gasteiger partial charge in [0.2, 0.25) is 0 Å². The first-order chi connectivity index (χ1) is 9.20. The number of carboxylic acid groups (broad SMARTS) is 1. The Labute approximate surface area is 115 Å².